The van der Waals surface area contributed by atoms with Crippen LogP contribution in [0.1, 0.15) is 20.3 Å². The maximum Gasteiger partial charge on any atom is 0.0992 e. The van der Waals surface area contributed by atoms with Crippen LogP contribution in [0.25, 0.3) is 0 Å². The van der Waals surface area contributed by atoms with Crippen LogP contribution in [0.4, 0.5) is 0 Å². The largest absolute Gasteiger partial charge is 0.391 e. The highest BCUT2D eigenvalue weighted by molar-refractivity contribution is 6.29. The molecule has 0 aromatic rings. The quantitative estimate of drug-likeness (QED) is 0.416. The molecule has 0 heterocycles. The molecule has 0 radical (unpaired) electrons. The van der Waals surface area contributed by atoms with Gasteiger partial charge in [0.1, 0.15) is 0 Å². The molecule has 0 fully saturated rings. The first-order valence-electron chi connectivity index (χ1n) is 4.21. The maximum atomic E-state index is 5.50. The molecule has 0 aliphatic carbocycles. The van der Waals surface area contributed by atoms with Gasteiger partial charge in [-0.1, -0.05) is 23.3 Å². The fourth-order valence-corrected chi connectivity index (χ4v) is 0.876. The summed E-state index contributed by atoms with van der Waals surface area (Å²) in [6.07, 6.45) is 6.54. The van der Waals surface area contributed by atoms with E-state index in [4.69, 9.17) is 17.3 Å². The third-order valence-electron chi connectivity index (χ3n) is 1.73. The predicted octanol–water partition coefficient (Wildman–Crippen LogP) is 2.48. The van der Waals surface area contributed by atoms with Crippen molar-refractivity contribution in [2.24, 2.45) is 5.73 Å². The Morgan fingerprint density at radius 1 is 1.46 bits per heavy atom. The van der Waals surface area contributed by atoms with Crippen LogP contribution in [-0.4, -0.2) is 7.05 Å². The molecule has 0 aromatic carbocycles. The number of nitrogens with two attached hydrogens (primary N) is 1. The van der Waals surface area contributed by atoms with Gasteiger partial charge >= 0.3 is 0 Å². The summed E-state index contributed by atoms with van der Waals surface area (Å²) in [5, 5.41) is 3.38. The molecule has 3 heteroatoms. The van der Waals surface area contributed by atoms with Gasteiger partial charge in [0.15, 0.2) is 0 Å². The third kappa shape index (κ3) is 6.29. The van der Waals surface area contributed by atoms with Crippen molar-refractivity contribution in [3.63, 3.8) is 0 Å². The highest BCUT2D eigenvalue weighted by atomic mass is 35.5. The normalized spacial score (nSPS) is 14.6. The van der Waals surface area contributed by atoms with Crippen molar-refractivity contribution in [1.29, 1.82) is 0 Å². The number of allylic oxidation sites excluding steroid dienone is 4. The predicted molar refractivity (Wildman–Crippen MR) is 59.3 cm³/mol. The highest BCUT2D eigenvalue weighted by Crippen LogP contribution is 2.07. The summed E-state index contributed by atoms with van der Waals surface area (Å²) in [4.78, 5) is 0. The van der Waals surface area contributed by atoms with Crippen LogP contribution in [0.3, 0.4) is 0 Å². The first-order valence-corrected chi connectivity index (χ1v) is 4.59. The van der Waals surface area contributed by atoms with Gasteiger partial charge in [-0.2, -0.15) is 0 Å². The molecule has 0 bridgehead atoms. The number of rotatable bonds is 4. The van der Waals surface area contributed by atoms with Gasteiger partial charge in [-0.15, -0.1) is 0 Å². The van der Waals surface area contributed by atoms with Crippen LogP contribution in [0.2, 0.25) is 0 Å². The monoisotopic (exact) mass is 200 g/mol. The zero-order valence-electron chi connectivity index (χ0n) is 8.39. The lowest BCUT2D eigenvalue weighted by Crippen LogP contribution is -2.05. The van der Waals surface area contributed by atoms with Gasteiger partial charge in [-0.3, -0.25) is 0 Å². The van der Waals surface area contributed by atoms with E-state index in [0.717, 1.165) is 12.1 Å². The Kier molecular flexibility index (Phi) is 6.15. The lowest BCUT2D eigenvalue weighted by molar-refractivity contribution is 0.910. The Hall–Kier alpha value is -0.890. The zero-order chi connectivity index (χ0) is 10.3. The SMILES string of the molecule is C/C=C(/C)C/C(=C\C=C(/N)Cl)NC. The molecular weight excluding hydrogens is 184 g/mol. The van der Waals surface area contributed by atoms with E-state index >= 15 is 0 Å². The lowest BCUT2D eigenvalue weighted by Gasteiger charge is -2.05. The number of nitrogens with one attached hydrogen (secondary N) is 1. The van der Waals surface area contributed by atoms with Gasteiger partial charge in [0.05, 0.1) is 5.16 Å². The second-order valence-electron chi connectivity index (χ2n) is 2.81. The molecule has 0 aromatic heterocycles. The first kappa shape index (κ1) is 12.1. The molecule has 0 spiro atoms. The summed E-state index contributed by atoms with van der Waals surface area (Å²) in [6, 6.07) is 0. The lowest BCUT2D eigenvalue weighted by atomic mass is 10.1. The minimum atomic E-state index is 0.297. The minimum absolute atomic E-state index is 0.297. The summed E-state index contributed by atoms with van der Waals surface area (Å²) in [7, 11) is 1.88. The maximum absolute atomic E-state index is 5.50. The summed E-state index contributed by atoms with van der Waals surface area (Å²) >= 11 is 5.50. The Labute approximate surface area is 85.1 Å². The molecule has 3 N–H and O–H groups in total. The van der Waals surface area contributed by atoms with Gasteiger partial charge in [-0.25, -0.2) is 0 Å². The topological polar surface area (TPSA) is 38.0 Å². The van der Waals surface area contributed by atoms with Crippen LogP contribution in [0.15, 0.2) is 34.7 Å². The van der Waals surface area contributed by atoms with Crippen molar-refractivity contribution in [3.05, 3.63) is 34.7 Å². The van der Waals surface area contributed by atoms with Crippen molar-refractivity contribution in [2.45, 2.75) is 20.3 Å². The molecule has 0 saturated carbocycles. The van der Waals surface area contributed by atoms with E-state index in [2.05, 4.69) is 18.3 Å². The van der Waals surface area contributed by atoms with E-state index < -0.39 is 0 Å². The summed E-state index contributed by atoms with van der Waals surface area (Å²) in [5.41, 5.74) is 7.70. The van der Waals surface area contributed by atoms with Crippen LogP contribution >= 0.6 is 11.6 Å². The number of hydrogen-bond donors (Lipinski definition) is 2. The third-order valence-corrected chi connectivity index (χ3v) is 1.85. The molecule has 2 nitrogen and oxygen atoms in total. The smallest absolute Gasteiger partial charge is 0.0992 e. The van der Waals surface area contributed by atoms with Crippen LogP contribution < -0.4 is 11.1 Å². The fraction of sp³-hybridized carbons (Fsp3) is 0.400. The zero-order valence-corrected chi connectivity index (χ0v) is 9.15. The molecule has 0 unspecified atom stereocenters. The Bertz CT molecular complexity index is 235. The molecule has 74 valence electrons. The highest BCUT2D eigenvalue weighted by Gasteiger charge is 1.93. The van der Waals surface area contributed by atoms with Crippen molar-refractivity contribution in [2.75, 3.05) is 7.05 Å². The van der Waals surface area contributed by atoms with Crippen molar-refractivity contribution < 1.29 is 0 Å². The van der Waals surface area contributed by atoms with Crippen molar-refractivity contribution in [1.82, 2.24) is 5.32 Å². The first-order chi connectivity index (χ1) is 6.10. The summed E-state index contributed by atoms with van der Waals surface area (Å²) < 4.78 is 0. The second kappa shape index (κ2) is 6.61. The van der Waals surface area contributed by atoms with Gasteiger partial charge in [0.25, 0.3) is 0 Å². The van der Waals surface area contributed by atoms with E-state index in [-0.39, 0.29) is 0 Å². The van der Waals surface area contributed by atoms with Gasteiger partial charge in [0.2, 0.25) is 0 Å². The minimum Gasteiger partial charge on any atom is -0.391 e. The van der Waals surface area contributed by atoms with Crippen LogP contribution in [0.5, 0.6) is 0 Å². The Morgan fingerprint density at radius 2 is 2.08 bits per heavy atom. The molecule has 0 rings (SSSR count). The van der Waals surface area contributed by atoms with E-state index in [0.29, 0.717) is 5.16 Å². The standard InChI is InChI=1S/C10H17ClN2/c1-4-8(2)7-9(13-3)5-6-10(11)12/h4-6,13H,7,12H2,1-3H3/b8-4-,9-5+,10-6-. The molecule has 0 aliphatic rings. The van der Waals surface area contributed by atoms with Crippen LogP contribution in [-0.2, 0) is 0 Å². The summed E-state index contributed by atoms with van der Waals surface area (Å²) in [6.45, 7) is 4.10. The Morgan fingerprint density at radius 3 is 2.46 bits per heavy atom. The second-order valence-corrected chi connectivity index (χ2v) is 3.24. The molecule has 0 saturated heterocycles. The molecular formula is C10H17ClN2. The van der Waals surface area contributed by atoms with Crippen LogP contribution in [0, 0.1) is 0 Å². The Balaban J connectivity index is 4.35. The molecule has 0 aliphatic heterocycles. The van der Waals surface area contributed by atoms with Crippen molar-refractivity contribution >= 4 is 11.6 Å². The van der Waals surface area contributed by atoms with E-state index in [1.165, 1.54) is 5.57 Å². The van der Waals surface area contributed by atoms with Gasteiger partial charge in [-0.05, 0) is 26.0 Å². The molecule has 0 amide bonds. The number of halogens is 1. The average Bonchev–Trinajstić information content (AvgIpc) is 2.11. The fourth-order valence-electron chi connectivity index (χ4n) is 0.813. The average molecular weight is 201 g/mol. The van der Waals surface area contributed by atoms with Crippen molar-refractivity contribution in [3.8, 4) is 0 Å². The molecule has 0 atom stereocenters. The van der Waals surface area contributed by atoms with Gasteiger partial charge in [0, 0.05) is 19.2 Å². The van der Waals surface area contributed by atoms with E-state index in [1.807, 2.05) is 20.0 Å². The van der Waals surface area contributed by atoms with Gasteiger partial charge < -0.3 is 11.1 Å². The van der Waals surface area contributed by atoms with E-state index in [9.17, 15) is 0 Å². The van der Waals surface area contributed by atoms with E-state index in [1.54, 1.807) is 6.08 Å². The molecule has 13 heavy (non-hydrogen) atoms. The number of hydrogen-bond acceptors (Lipinski definition) is 2. The summed E-state index contributed by atoms with van der Waals surface area (Å²) in [5.74, 6) is 0.